The molecule has 0 saturated carbocycles. The minimum atomic E-state index is -0.238. The second kappa shape index (κ2) is 8.63. The standard InChI is InChI=1S/C22H29FN4O2/c1-16-11-17(4-5-21(16)23)14-25-8-2-3-18(15-25)27-22(29)12-19(13-24-27)26-9-6-20(28)7-10-26/h4-5,11-13,18,20,28H,2-3,6-10,14-15H2,1H3/t18-/m0/s1. The summed E-state index contributed by atoms with van der Waals surface area (Å²) >= 11 is 0. The number of nitrogens with zero attached hydrogens (tertiary/aromatic N) is 4. The van der Waals surface area contributed by atoms with Gasteiger partial charge in [0.15, 0.2) is 0 Å². The van der Waals surface area contributed by atoms with Crippen LogP contribution in [0.2, 0.25) is 0 Å². The van der Waals surface area contributed by atoms with Crippen molar-refractivity contribution in [1.82, 2.24) is 14.7 Å². The van der Waals surface area contributed by atoms with Gasteiger partial charge in [-0.1, -0.05) is 12.1 Å². The monoisotopic (exact) mass is 400 g/mol. The number of hydrogen-bond donors (Lipinski definition) is 1. The van der Waals surface area contributed by atoms with Gasteiger partial charge in [-0.25, -0.2) is 9.07 Å². The summed E-state index contributed by atoms with van der Waals surface area (Å²) in [5, 5.41) is 14.2. The Hall–Kier alpha value is -2.25. The number of aliphatic hydroxyl groups excluding tert-OH is 1. The van der Waals surface area contributed by atoms with Crippen LogP contribution in [0.3, 0.4) is 0 Å². The Morgan fingerprint density at radius 3 is 2.69 bits per heavy atom. The molecule has 0 unspecified atom stereocenters. The molecule has 0 amide bonds. The van der Waals surface area contributed by atoms with Gasteiger partial charge in [-0.2, -0.15) is 5.10 Å². The van der Waals surface area contributed by atoms with Crippen LogP contribution in [0.5, 0.6) is 0 Å². The average molecular weight is 400 g/mol. The Morgan fingerprint density at radius 2 is 1.97 bits per heavy atom. The Kier molecular flexibility index (Phi) is 5.96. The maximum atomic E-state index is 13.5. The van der Waals surface area contributed by atoms with Crippen LogP contribution in [0, 0.1) is 12.7 Å². The molecule has 1 aromatic heterocycles. The van der Waals surface area contributed by atoms with Gasteiger partial charge in [0, 0.05) is 32.2 Å². The van der Waals surface area contributed by atoms with Crippen molar-refractivity contribution < 1.29 is 9.50 Å². The van der Waals surface area contributed by atoms with Crippen molar-refractivity contribution in [3.63, 3.8) is 0 Å². The lowest BCUT2D eigenvalue weighted by Crippen LogP contribution is -2.41. The van der Waals surface area contributed by atoms with Gasteiger partial charge in [-0.05, 0) is 56.3 Å². The molecule has 2 saturated heterocycles. The number of halogens is 1. The van der Waals surface area contributed by atoms with Gasteiger partial charge >= 0.3 is 0 Å². The summed E-state index contributed by atoms with van der Waals surface area (Å²) in [5.74, 6) is -0.177. The second-order valence-corrected chi connectivity index (χ2v) is 8.33. The SMILES string of the molecule is Cc1cc(CN2CCC[C@H](n3ncc(N4CCC(O)CC4)cc3=O)C2)ccc1F. The van der Waals surface area contributed by atoms with E-state index in [1.807, 2.05) is 12.1 Å². The summed E-state index contributed by atoms with van der Waals surface area (Å²) in [6.07, 6.45) is 4.93. The largest absolute Gasteiger partial charge is 0.393 e. The van der Waals surface area contributed by atoms with E-state index in [2.05, 4.69) is 14.9 Å². The molecule has 4 rings (SSSR count). The number of rotatable bonds is 4. The number of piperidine rings is 2. The van der Waals surface area contributed by atoms with Gasteiger partial charge in [0.25, 0.3) is 5.56 Å². The highest BCUT2D eigenvalue weighted by atomic mass is 19.1. The van der Waals surface area contributed by atoms with Crippen LogP contribution >= 0.6 is 0 Å². The summed E-state index contributed by atoms with van der Waals surface area (Å²) in [7, 11) is 0. The number of aryl methyl sites for hydroxylation is 1. The molecule has 1 atom stereocenters. The van der Waals surface area contributed by atoms with E-state index in [4.69, 9.17) is 0 Å². The van der Waals surface area contributed by atoms with E-state index in [1.54, 1.807) is 23.9 Å². The first-order valence-corrected chi connectivity index (χ1v) is 10.5. The molecule has 0 spiro atoms. The highest BCUT2D eigenvalue weighted by Crippen LogP contribution is 2.23. The van der Waals surface area contributed by atoms with Crippen molar-refractivity contribution in [2.45, 2.75) is 51.3 Å². The van der Waals surface area contributed by atoms with Gasteiger partial charge in [-0.3, -0.25) is 9.69 Å². The smallest absolute Gasteiger partial charge is 0.269 e. The molecule has 2 aliphatic rings. The molecule has 2 fully saturated rings. The van der Waals surface area contributed by atoms with E-state index >= 15 is 0 Å². The van der Waals surface area contributed by atoms with Crippen molar-refractivity contribution in [2.75, 3.05) is 31.1 Å². The van der Waals surface area contributed by atoms with Crippen molar-refractivity contribution in [3.8, 4) is 0 Å². The average Bonchev–Trinajstić information content (AvgIpc) is 2.71. The highest BCUT2D eigenvalue weighted by molar-refractivity contribution is 5.43. The third-order valence-electron chi connectivity index (χ3n) is 6.10. The molecule has 1 aromatic carbocycles. The van der Waals surface area contributed by atoms with Crippen LogP contribution in [-0.4, -0.2) is 52.1 Å². The number of anilines is 1. The number of likely N-dealkylation sites (tertiary alicyclic amines) is 1. The van der Waals surface area contributed by atoms with Gasteiger partial charge in [0.2, 0.25) is 0 Å². The molecule has 2 aliphatic heterocycles. The predicted octanol–water partition coefficient (Wildman–Crippen LogP) is 2.49. The number of aromatic nitrogens is 2. The fourth-order valence-corrected chi connectivity index (χ4v) is 4.42. The molecule has 29 heavy (non-hydrogen) atoms. The van der Waals surface area contributed by atoms with Crippen LogP contribution in [-0.2, 0) is 6.54 Å². The molecule has 0 radical (unpaired) electrons. The summed E-state index contributed by atoms with van der Waals surface area (Å²) < 4.78 is 15.1. The van der Waals surface area contributed by atoms with Gasteiger partial charge < -0.3 is 10.0 Å². The Bertz CT molecular complexity index is 908. The van der Waals surface area contributed by atoms with Crippen LogP contribution in [0.4, 0.5) is 10.1 Å². The lowest BCUT2D eigenvalue weighted by atomic mass is 10.0. The molecule has 2 aromatic rings. The van der Waals surface area contributed by atoms with Crippen molar-refractivity contribution in [2.24, 2.45) is 0 Å². The summed E-state index contributed by atoms with van der Waals surface area (Å²) in [6.45, 7) is 5.77. The van der Waals surface area contributed by atoms with Crippen LogP contribution in [0.1, 0.15) is 42.9 Å². The van der Waals surface area contributed by atoms with Gasteiger partial charge in [-0.15, -0.1) is 0 Å². The number of hydrogen-bond acceptors (Lipinski definition) is 5. The van der Waals surface area contributed by atoms with E-state index in [-0.39, 0.29) is 23.5 Å². The predicted molar refractivity (Wildman–Crippen MR) is 111 cm³/mol. The van der Waals surface area contributed by atoms with E-state index in [1.165, 1.54) is 6.07 Å². The zero-order chi connectivity index (χ0) is 20.4. The first kappa shape index (κ1) is 20.0. The van der Waals surface area contributed by atoms with Crippen molar-refractivity contribution in [1.29, 1.82) is 0 Å². The molecular formula is C22H29FN4O2. The fourth-order valence-electron chi connectivity index (χ4n) is 4.42. The van der Waals surface area contributed by atoms with Crippen molar-refractivity contribution >= 4 is 5.69 Å². The molecule has 1 N–H and O–H groups in total. The minimum Gasteiger partial charge on any atom is -0.393 e. The maximum absolute atomic E-state index is 13.5. The highest BCUT2D eigenvalue weighted by Gasteiger charge is 2.24. The lowest BCUT2D eigenvalue weighted by molar-refractivity contribution is 0.145. The Labute approximate surface area is 170 Å². The molecular weight excluding hydrogens is 371 g/mol. The number of benzene rings is 1. The molecule has 7 heteroatoms. The van der Waals surface area contributed by atoms with E-state index in [0.717, 1.165) is 69.7 Å². The zero-order valence-electron chi connectivity index (χ0n) is 16.9. The van der Waals surface area contributed by atoms with E-state index in [9.17, 15) is 14.3 Å². The first-order chi connectivity index (χ1) is 14.0. The Balaban J connectivity index is 1.43. The first-order valence-electron chi connectivity index (χ1n) is 10.5. The van der Waals surface area contributed by atoms with E-state index in [0.29, 0.717) is 5.56 Å². The molecule has 3 heterocycles. The number of aliphatic hydroxyl groups is 1. The topological polar surface area (TPSA) is 61.6 Å². The third kappa shape index (κ3) is 4.67. The minimum absolute atomic E-state index is 0.0509. The summed E-state index contributed by atoms with van der Waals surface area (Å²) in [4.78, 5) is 17.2. The fraction of sp³-hybridized carbons (Fsp3) is 0.545. The van der Waals surface area contributed by atoms with Crippen LogP contribution < -0.4 is 10.5 Å². The Morgan fingerprint density at radius 1 is 1.17 bits per heavy atom. The van der Waals surface area contributed by atoms with Crippen LogP contribution in [0.15, 0.2) is 35.3 Å². The molecule has 0 aliphatic carbocycles. The van der Waals surface area contributed by atoms with Crippen LogP contribution in [0.25, 0.3) is 0 Å². The third-order valence-corrected chi connectivity index (χ3v) is 6.10. The molecule has 156 valence electrons. The normalized spacial score (nSPS) is 21.5. The lowest BCUT2D eigenvalue weighted by Gasteiger charge is -2.34. The van der Waals surface area contributed by atoms with Crippen molar-refractivity contribution in [3.05, 3.63) is 57.8 Å². The van der Waals surface area contributed by atoms with Gasteiger partial charge in [0.05, 0.1) is 24.0 Å². The van der Waals surface area contributed by atoms with E-state index < -0.39 is 0 Å². The van der Waals surface area contributed by atoms with Gasteiger partial charge in [0.1, 0.15) is 5.82 Å². The summed E-state index contributed by atoms with van der Waals surface area (Å²) in [5.41, 5.74) is 2.52. The molecule has 6 nitrogen and oxygen atoms in total. The zero-order valence-corrected chi connectivity index (χ0v) is 16.9. The maximum Gasteiger partial charge on any atom is 0.269 e. The molecule has 0 bridgehead atoms. The second-order valence-electron chi connectivity index (χ2n) is 8.33. The quantitative estimate of drug-likeness (QED) is 0.855. The summed E-state index contributed by atoms with van der Waals surface area (Å²) in [6, 6.07) is 6.98.